The highest BCUT2D eigenvalue weighted by molar-refractivity contribution is 5.93. The van der Waals surface area contributed by atoms with Crippen LogP contribution in [0.15, 0.2) is 60.4 Å². The molecule has 0 aliphatic carbocycles. The number of aromatic nitrogens is 2. The molecule has 4 rings (SSSR count). The lowest BCUT2D eigenvalue weighted by molar-refractivity contribution is -0.125. The van der Waals surface area contributed by atoms with Crippen LogP contribution in [0.4, 0.5) is 11.5 Å². The minimum Gasteiger partial charge on any atom is -0.495 e. The number of rotatable bonds is 9. The molecule has 1 N–H and O–H groups in total. The Morgan fingerprint density at radius 1 is 1.17 bits per heavy atom. The summed E-state index contributed by atoms with van der Waals surface area (Å²) in [6.07, 6.45) is 8.93. The molecule has 1 aromatic heterocycles. The highest BCUT2D eigenvalue weighted by atomic mass is 16.5. The number of amides is 1. The summed E-state index contributed by atoms with van der Waals surface area (Å²) in [5.74, 6) is 2.29. The summed E-state index contributed by atoms with van der Waals surface area (Å²) < 4.78 is 17.4. The fourth-order valence-corrected chi connectivity index (χ4v) is 4.04. The Kier molecular flexibility index (Phi) is 7.79. The fourth-order valence-electron chi connectivity index (χ4n) is 4.04. The van der Waals surface area contributed by atoms with Gasteiger partial charge in [0.15, 0.2) is 11.5 Å². The molecule has 1 amide bonds. The van der Waals surface area contributed by atoms with Crippen LogP contribution in [0.25, 0.3) is 17.0 Å². The van der Waals surface area contributed by atoms with Gasteiger partial charge in [-0.15, -0.1) is 0 Å². The van der Waals surface area contributed by atoms with Crippen LogP contribution in [-0.4, -0.2) is 67.5 Å². The number of hydrogen-bond donors (Lipinski definition) is 1. The van der Waals surface area contributed by atoms with Crippen LogP contribution in [0.5, 0.6) is 17.2 Å². The number of likely N-dealkylation sites (tertiary alicyclic amines) is 1. The van der Waals surface area contributed by atoms with E-state index in [1.807, 2.05) is 42.5 Å². The lowest BCUT2D eigenvalue weighted by Gasteiger charge is -2.18. The number of nitrogens with zero attached hydrogens (tertiary/aromatic N) is 4. The van der Waals surface area contributed by atoms with Crippen LogP contribution >= 0.6 is 0 Å². The Morgan fingerprint density at radius 2 is 2.00 bits per heavy atom. The Balaban J connectivity index is 1.66. The normalized spacial score (nSPS) is 15.5. The van der Waals surface area contributed by atoms with Gasteiger partial charge in [-0.05, 0) is 35.9 Å². The van der Waals surface area contributed by atoms with Crippen LogP contribution in [0.1, 0.15) is 12.0 Å². The van der Waals surface area contributed by atoms with E-state index in [0.29, 0.717) is 41.7 Å². The van der Waals surface area contributed by atoms with E-state index in [2.05, 4.69) is 26.9 Å². The van der Waals surface area contributed by atoms with E-state index in [0.717, 1.165) is 23.1 Å². The maximum Gasteiger partial charge on any atom is 0.246 e. The number of carbonyl (C=O) groups excluding carboxylic acids is 1. The summed E-state index contributed by atoms with van der Waals surface area (Å²) in [5, 5.41) is 4.14. The van der Waals surface area contributed by atoms with Gasteiger partial charge < -0.3 is 24.4 Å². The number of allylic oxidation sites excluding steroid dienone is 1. The molecule has 36 heavy (non-hydrogen) atoms. The first-order valence-corrected chi connectivity index (χ1v) is 11.5. The third-order valence-electron chi connectivity index (χ3n) is 5.85. The van der Waals surface area contributed by atoms with E-state index in [4.69, 9.17) is 14.2 Å². The third kappa shape index (κ3) is 5.46. The van der Waals surface area contributed by atoms with Crippen molar-refractivity contribution in [2.45, 2.75) is 12.5 Å². The first-order chi connectivity index (χ1) is 17.6. The van der Waals surface area contributed by atoms with Crippen LogP contribution < -0.4 is 19.5 Å². The van der Waals surface area contributed by atoms with Crippen LogP contribution in [-0.2, 0) is 4.79 Å². The molecular weight excluding hydrogens is 458 g/mol. The fraction of sp³-hybridized carbons (Fsp3) is 0.259. The van der Waals surface area contributed by atoms with Gasteiger partial charge in [0.25, 0.3) is 0 Å². The van der Waals surface area contributed by atoms with Crippen LogP contribution in [0, 0.1) is 0 Å². The molecule has 3 aromatic rings. The van der Waals surface area contributed by atoms with Crippen molar-refractivity contribution in [3.63, 3.8) is 0 Å². The maximum atomic E-state index is 12.0. The average Bonchev–Trinajstić information content (AvgIpc) is 3.37. The van der Waals surface area contributed by atoms with Gasteiger partial charge >= 0.3 is 0 Å². The predicted octanol–water partition coefficient (Wildman–Crippen LogP) is 4.27. The number of ether oxygens (including phenoxy) is 3. The second-order valence-corrected chi connectivity index (χ2v) is 8.11. The monoisotopic (exact) mass is 487 g/mol. The molecule has 9 heteroatoms. The van der Waals surface area contributed by atoms with Crippen molar-refractivity contribution < 1.29 is 19.0 Å². The summed E-state index contributed by atoms with van der Waals surface area (Å²) in [5.41, 5.74) is 2.42. The van der Waals surface area contributed by atoms with Crippen molar-refractivity contribution >= 4 is 40.6 Å². The van der Waals surface area contributed by atoms with Crippen molar-refractivity contribution in [1.29, 1.82) is 0 Å². The van der Waals surface area contributed by atoms with E-state index in [1.54, 1.807) is 32.4 Å². The van der Waals surface area contributed by atoms with Gasteiger partial charge in [0, 0.05) is 37.7 Å². The molecule has 0 saturated carbocycles. The number of fused-ring (bicyclic) bond motifs is 1. The SMILES string of the molecule is C=CC(=O)N1CCC(Oc2cc3c(Nc4cc(/C=C/C=NC)ccc4OC)ncnc3cc2OC)C1. The molecule has 186 valence electrons. The van der Waals surface area contributed by atoms with Crippen molar-refractivity contribution in [1.82, 2.24) is 14.9 Å². The summed E-state index contributed by atoms with van der Waals surface area (Å²) in [6.45, 7) is 4.67. The zero-order valence-corrected chi connectivity index (χ0v) is 20.6. The standard InChI is InChI=1S/C27H29N5O4/c1-5-26(33)32-12-10-19(16-32)36-25-14-20-21(15-24(25)35-4)29-17-30-27(20)31-22-13-18(7-6-11-28-2)8-9-23(22)34-3/h5-9,11,13-15,17,19H,1,10,12,16H2,2-4H3,(H,29,30,31)/b7-6+,28-11?. The average molecular weight is 488 g/mol. The lowest BCUT2D eigenvalue weighted by Crippen LogP contribution is -2.29. The number of benzene rings is 2. The molecule has 0 spiro atoms. The van der Waals surface area contributed by atoms with Crippen molar-refractivity contribution in [3.8, 4) is 17.2 Å². The Hall–Kier alpha value is -4.40. The molecule has 1 aliphatic heterocycles. The Labute approximate surface area is 210 Å². The summed E-state index contributed by atoms with van der Waals surface area (Å²) in [7, 11) is 4.93. The highest BCUT2D eigenvalue weighted by Crippen LogP contribution is 2.37. The summed E-state index contributed by atoms with van der Waals surface area (Å²) >= 11 is 0. The number of hydrogen-bond acceptors (Lipinski definition) is 8. The lowest BCUT2D eigenvalue weighted by atomic mass is 10.1. The Bertz CT molecular complexity index is 1320. The van der Waals surface area contributed by atoms with Crippen molar-refractivity contribution in [2.75, 3.05) is 39.7 Å². The molecule has 1 unspecified atom stereocenters. The predicted molar refractivity (Wildman–Crippen MR) is 142 cm³/mol. The minimum atomic E-state index is -0.156. The number of nitrogens with one attached hydrogen (secondary N) is 1. The van der Waals surface area contributed by atoms with Crippen molar-refractivity contribution in [2.24, 2.45) is 4.99 Å². The van der Waals surface area contributed by atoms with Gasteiger partial charge in [-0.3, -0.25) is 9.79 Å². The largest absolute Gasteiger partial charge is 0.495 e. The second kappa shape index (κ2) is 11.4. The third-order valence-corrected chi connectivity index (χ3v) is 5.85. The smallest absolute Gasteiger partial charge is 0.246 e. The first kappa shape index (κ1) is 24.7. The molecule has 1 fully saturated rings. The molecule has 1 saturated heterocycles. The quantitative estimate of drug-likeness (QED) is 0.356. The molecular formula is C27H29N5O4. The van der Waals surface area contributed by atoms with Gasteiger partial charge in [-0.25, -0.2) is 9.97 Å². The molecule has 2 heterocycles. The van der Waals surface area contributed by atoms with Gasteiger partial charge in [-0.1, -0.05) is 18.7 Å². The van der Waals surface area contributed by atoms with Crippen LogP contribution in [0.3, 0.4) is 0 Å². The molecule has 9 nitrogen and oxygen atoms in total. The van der Waals surface area contributed by atoms with E-state index >= 15 is 0 Å². The number of anilines is 2. The number of carbonyl (C=O) groups is 1. The van der Waals surface area contributed by atoms with E-state index in [9.17, 15) is 4.79 Å². The molecule has 1 atom stereocenters. The second-order valence-electron chi connectivity index (χ2n) is 8.11. The number of methoxy groups -OCH3 is 2. The molecule has 1 aliphatic rings. The van der Waals surface area contributed by atoms with Crippen LogP contribution in [0.2, 0.25) is 0 Å². The maximum absolute atomic E-state index is 12.0. The van der Waals surface area contributed by atoms with E-state index < -0.39 is 0 Å². The number of aliphatic imine (C=N–C) groups is 1. The van der Waals surface area contributed by atoms with E-state index in [1.165, 1.54) is 12.4 Å². The summed E-state index contributed by atoms with van der Waals surface area (Å²) in [6, 6.07) is 9.50. The van der Waals surface area contributed by atoms with Gasteiger partial charge in [0.1, 0.15) is 24.0 Å². The zero-order valence-electron chi connectivity index (χ0n) is 20.6. The summed E-state index contributed by atoms with van der Waals surface area (Å²) in [4.78, 5) is 26.5. The van der Waals surface area contributed by atoms with Gasteiger partial charge in [0.05, 0.1) is 32.0 Å². The van der Waals surface area contributed by atoms with E-state index in [-0.39, 0.29) is 12.0 Å². The first-order valence-electron chi connectivity index (χ1n) is 11.5. The van der Waals surface area contributed by atoms with Gasteiger partial charge in [-0.2, -0.15) is 0 Å². The molecule has 0 radical (unpaired) electrons. The van der Waals surface area contributed by atoms with Gasteiger partial charge in [0.2, 0.25) is 5.91 Å². The van der Waals surface area contributed by atoms with Crippen molar-refractivity contribution in [3.05, 3.63) is 61.0 Å². The minimum absolute atomic E-state index is 0.0977. The molecule has 0 bridgehead atoms. The highest BCUT2D eigenvalue weighted by Gasteiger charge is 2.27. The zero-order chi connectivity index (χ0) is 25.5. The topological polar surface area (TPSA) is 98.2 Å². The Morgan fingerprint density at radius 3 is 2.75 bits per heavy atom. The molecule has 2 aromatic carbocycles.